The first kappa shape index (κ1) is 12.2. The third kappa shape index (κ3) is 2.91. The summed E-state index contributed by atoms with van der Waals surface area (Å²) in [6.07, 6.45) is 2.36. The molecule has 0 radical (unpaired) electrons. The third-order valence-corrected chi connectivity index (χ3v) is 4.18. The Morgan fingerprint density at radius 2 is 2.12 bits per heavy atom. The lowest BCUT2D eigenvalue weighted by Crippen LogP contribution is -2.35. The van der Waals surface area contributed by atoms with Crippen molar-refractivity contribution in [2.45, 2.75) is 19.8 Å². The zero-order valence-electron chi connectivity index (χ0n) is 9.47. The van der Waals surface area contributed by atoms with Gasteiger partial charge >= 0.3 is 0 Å². The van der Waals surface area contributed by atoms with Crippen molar-refractivity contribution in [2.75, 3.05) is 13.1 Å². The number of hydrogen-bond donors (Lipinski definition) is 1. The molecule has 3 heteroatoms. The summed E-state index contributed by atoms with van der Waals surface area (Å²) >= 11 is 11.9. The predicted molar refractivity (Wildman–Crippen MR) is 70.3 cm³/mol. The van der Waals surface area contributed by atoms with Crippen LogP contribution >= 0.6 is 23.2 Å². The average molecular weight is 258 g/mol. The molecule has 1 N–H and O–H groups in total. The smallest absolute Gasteiger partial charge is 0.0595 e. The Kier molecular flexibility index (Phi) is 4.12. The molecule has 0 amide bonds. The van der Waals surface area contributed by atoms with E-state index >= 15 is 0 Å². The Morgan fingerprint density at radius 1 is 1.31 bits per heavy atom. The summed E-state index contributed by atoms with van der Waals surface area (Å²) in [5.74, 6) is 1.50. The fourth-order valence-electron chi connectivity index (χ4n) is 2.34. The minimum absolute atomic E-state index is 0.642. The summed E-state index contributed by atoms with van der Waals surface area (Å²) in [6, 6.07) is 5.98. The van der Waals surface area contributed by atoms with Crippen LogP contribution in [0.15, 0.2) is 18.2 Å². The van der Waals surface area contributed by atoms with Crippen molar-refractivity contribution in [1.82, 2.24) is 5.32 Å². The topological polar surface area (TPSA) is 12.0 Å². The molecular formula is C13H17Cl2N. The maximum Gasteiger partial charge on any atom is 0.0595 e. The van der Waals surface area contributed by atoms with Crippen molar-refractivity contribution in [3.8, 4) is 0 Å². The first-order valence-corrected chi connectivity index (χ1v) is 6.57. The lowest BCUT2D eigenvalue weighted by atomic mass is 9.83. The van der Waals surface area contributed by atoms with Gasteiger partial charge in [0.25, 0.3) is 0 Å². The van der Waals surface area contributed by atoms with E-state index in [-0.39, 0.29) is 0 Å². The van der Waals surface area contributed by atoms with Crippen molar-refractivity contribution in [2.24, 2.45) is 11.8 Å². The van der Waals surface area contributed by atoms with Crippen LogP contribution in [-0.4, -0.2) is 13.1 Å². The van der Waals surface area contributed by atoms with E-state index in [4.69, 9.17) is 23.2 Å². The zero-order valence-corrected chi connectivity index (χ0v) is 11.0. The van der Waals surface area contributed by atoms with E-state index in [0.717, 1.165) is 31.3 Å². The Morgan fingerprint density at radius 3 is 2.81 bits per heavy atom. The molecule has 1 nitrogen and oxygen atoms in total. The first-order valence-electron chi connectivity index (χ1n) is 5.81. The van der Waals surface area contributed by atoms with Crippen molar-refractivity contribution < 1.29 is 0 Å². The SMILES string of the molecule is C[C@@H]1CNCCC1Cc1ccc(Cl)c(Cl)c1. The van der Waals surface area contributed by atoms with Gasteiger partial charge in [-0.05, 0) is 55.5 Å². The van der Waals surface area contributed by atoms with Gasteiger partial charge in [-0.15, -0.1) is 0 Å². The number of nitrogens with one attached hydrogen (secondary N) is 1. The van der Waals surface area contributed by atoms with Crippen LogP contribution in [0.3, 0.4) is 0 Å². The van der Waals surface area contributed by atoms with Gasteiger partial charge < -0.3 is 5.32 Å². The lowest BCUT2D eigenvalue weighted by Gasteiger charge is -2.29. The van der Waals surface area contributed by atoms with Crippen LogP contribution in [0.4, 0.5) is 0 Å². The molecule has 0 bridgehead atoms. The summed E-state index contributed by atoms with van der Waals surface area (Å²) in [7, 11) is 0. The highest BCUT2D eigenvalue weighted by molar-refractivity contribution is 6.42. The number of hydrogen-bond acceptors (Lipinski definition) is 1. The normalized spacial score (nSPS) is 25.7. The van der Waals surface area contributed by atoms with E-state index < -0.39 is 0 Å². The predicted octanol–water partition coefficient (Wildman–Crippen LogP) is 3.78. The molecule has 1 heterocycles. The van der Waals surface area contributed by atoms with Gasteiger partial charge in [0.2, 0.25) is 0 Å². The summed E-state index contributed by atoms with van der Waals surface area (Å²) in [5.41, 5.74) is 1.30. The molecule has 2 rings (SSSR count). The molecule has 16 heavy (non-hydrogen) atoms. The van der Waals surface area contributed by atoms with Gasteiger partial charge in [-0.25, -0.2) is 0 Å². The standard InChI is InChI=1S/C13H17Cl2N/c1-9-8-16-5-4-11(9)6-10-2-3-12(14)13(15)7-10/h2-3,7,9,11,16H,4-6,8H2,1H3/t9-,11?/m1/s1. The maximum absolute atomic E-state index is 6.02. The number of rotatable bonds is 2. The summed E-state index contributed by atoms with van der Waals surface area (Å²) in [5, 5.41) is 4.73. The molecule has 0 saturated carbocycles. The zero-order chi connectivity index (χ0) is 11.5. The average Bonchev–Trinajstić information content (AvgIpc) is 2.27. The monoisotopic (exact) mass is 257 g/mol. The van der Waals surface area contributed by atoms with Crippen LogP contribution in [0.1, 0.15) is 18.9 Å². The molecule has 1 aliphatic rings. The van der Waals surface area contributed by atoms with E-state index in [0.29, 0.717) is 10.0 Å². The summed E-state index contributed by atoms with van der Waals surface area (Å²) < 4.78 is 0. The summed E-state index contributed by atoms with van der Waals surface area (Å²) in [6.45, 7) is 4.58. The molecule has 1 aliphatic heterocycles. The maximum atomic E-state index is 6.02. The quantitative estimate of drug-likeness (QED) is 0.851. The number of piperidine rings is 1. The molecule has 1 aromatic rings. The molecule has 1 unspecified atom stereocenters. The van der Waals surface area contributed by atoms with Gasteiger partial charge in [-0.3, -0.25) is 0 Å². The van der Waals surface area contributed by atoms with Gasteiger partial charge in [0.05, 0.1) is 10.0 Å². The minimum Gasteiger partial charge on any atom is -0.316 e. The molecule has 1 saturated heterocycles. The highest BCUT2D eigenvalue weighted by Crippen LogP contribution is 2.27. The van der Waals surface area contributed by atoms with E-state index in [1.54, 1.807) is 0 Å². The minimum atomic E-state index is 0.642. The Bertz CT molecular complexity index is 365. The fraction of sp³-hybridized carbons (Fsp3) is 0.538. The second kappa shape index (κ2) is 5.39. The highest BCUT2D eigenvalue weighted by Gasteiger charge is 2.21. The number of halogens is 2. The van der Waals surface area contributed by atoms with Crippen molar-refractivity contribution >= 4 is 23.2 Å². The first-order chi connectivity index (χ1) is 7.66. The Hall–Kier alpha value is -0.240. The lowest BCUT2D eigenvalue weighted by molar-refractivity contribution is 0.272. The van der Waals surface area contributed by atoms with Crippen molar-refractivity contribution in [3.05, 3.63) is 33.8 Å². The molecule has 0 spiro atoms. The van der Waals surface area contributed by atoms with Crippen LogP contribution in [0.2, 0.25) is 10.0 Å². The van der Waals surface area contributed by atoms with Crippen LogP contribution in [0.5, 0.6) is 0 Å². The second-order valence-electron chi connectivity index (χ2n) is 4.68. The highest BCUT2D eigenvalue weighted by atomic mass is 35.5. The van der Waals surface area contributed by atoms with Crippen LogP contribution in [0, 0.1) is 11.8 Å². The van der Waals surface area contributed by atoms with Crippen molar-refractivity contribution in [3.63, 3.8) is 0 Å². The van der Waals surface area contributed by atoms with Crippen LogP contribution in [0.25, 0.3) is 0 Å². The van der Waals surface area contributed by atoms with Gasteiger partial charge in [0.1, 0.15) is 0 Å². The molecule has 0 aromatic heterocycles. The van der Waals surface area contributed by atoms with Gasteiger partial charge in [-0.2, -0.15) is 0 Å². The molecule has 1 aromatic carbocycles. The molecule has 1 fully saturated rings. The largest absolute Gasteiger partial charge is 0.316 e. The van der Waals surface area contributed by atoms with Gasteiger partial charge in [0.15, 0.2) is 0 Å². The van der Waals surface area contributed by atoms with E-state index in [1.807, 2.05) is 12.1 Å². The Labute approximate surface area is 107 Å². The molecular weight excluding hydrogens is 241 g/mol. The van der Waals surface area contributed by atoms with Gasteiger partial charge in [-0.1, -0.05) is 36.2 Å². The van der Waals surface area contributed by atoms with E-state index in [1.165, 1.54) is 12.0 Å². The number of benzene rings is 1. The van der Waals surface area contributed by atoms with Crippen LogP contribution < -0.4 is 5.32 Å². The second-order valence-corrected chi connectivity index (χ2v) is 5.50. The molecule has 0 aliphatic carbocycles. The van der Waals surface area contributed by atoms with Crippen LogP contribution in [-0.2, 0) is 6.42 Å². The Balaban J connectivity index is 2.05. The fourth-order valence-corrected chi connectivity index (χ4v) is 2.66. The third-order valence-electron chi connectivity index (χ3n) is 3.44. The van der Waals surface area contributed by atoms with Crippen molar-refractivity contribution in [1.29, 1.82) is 0 Å². The molecule has 88 valence electrons. The van der Waals surface area contributed by atoms with E-state index in [2.05, 4.69) is 18.3 Å². The molecule has 2 atom stereocenters. The van der Waals surface area contributed by atoms with E-state index in [9.17, 15) is 0 Å². The van der Waals surface area contributed by atoms with Gasteiger partial charge in [0, 0.05) is 0 Å². The summed E-state index contributed by atoms with van der Waals surface area (Å²) in [4.78, 5) is 0.